The van der Waals surface area contributed by atoms with Gasteiger partial charge in [-0.3, -0.25) is 14.7 Å². The van der Waals surface area contributed by atoms with Crippen molar-refractivity contribution >= 4 is 36.4 Å². The van der Waals surface area contributed by atoms with E-state index in [2.05, 4.69) is 20.7 Å². The Morgan fingerprint density at radius 3 is 2.68 bits per heavy atom. The van der Waals surface area contributed by atoms with Crippen LogP contribution in [0.1, 0.15) is 23.4 Å². The summed E-state index contributed by atoms with van der Waals surface area (Å²) in [5.41, 5.74) is 3.02. The van der Waals surface area contributed by atoms with Crippen LogP contribution >= 0.6 is 24.8 Å². The Morgan fingerprint density at radius 2 is 2.05 bits per heavy atom. The van der Waals surface area contributed by atoms with Crippen molar-refractivity contribution < 1.29 is 4.79 Å². The zero-order chi connectivity index (χ0) is 14.7. The van der Waals surface area contributed by atoms with Crippen molar-refractivity contribution in [1.82, 2.24) is 25.2 Å². The molecule has 2 rings (SSSR count). The maximum absolute atomic E-state index is 11.6. The summed E-state index contributed by atoms with van der Waals surface area (Å²) in [5, 5.41) is 8.48. The topological polar surface area (TPSA) is 91.3 Å². The van der Waals surface area contributed by atoms with Gasteiger partial charge in [0.1, 0.15) is 0 Å². The Balaban J connectivity index is 0.00000220. The number of aromatic nitrogens is 3. The third-order valence-electron chi connectivity index (χ3n) is 3.27. The molecule has 0 unspecified atom stereocenters. The number of carbonyl (C=O) groups is 1. The van der Waals surface area contributed by atoms with Gasteiger partial charge >= 0.3 is 0 Å². The van der Waals surface area contributed by atoms with Gasteiger partial charge in [-0.1, -0.05) is 0 Å². The molecule has 0 saturated heterocycles. The monoisotopic (exact) mass is 349 g/mol. The quantitative estimate of drug-likeness (QED) is 0.741. The van der Waals surface area contributed by atoms with Gasteiger partial charge in [-0.15, -0.1) is 24.8 Å². The minimum atomic E-state index is -0.185. The minimum absolute atomic E-state index is 0. The van der Waals surface area contributed by atoms with E-state index in [4.69, 9.17) is 0 Å². The number of nitrogens with one attached hydrogen (secondary N) is 3. The van der Waals surface area contributed by atoms with Crippen LogP contribution in [-0.2, 0) is 11.3 Å². The van der Waals surface area contributed by atoms with Gasteiger partial charge in [0, 0.05) is 42.5 Å². The average Bonchev–Trinajstić information content (AvgIpc) is 2.76. The summed E-state index contributed by atoms with van der Waals surface area (Å²) in [6, 6.07) is 1.45. The van der Waals surface area contributed by atoms with E-state index in [1.54, 1.807) is 4.52 Å². The first-order valence-corrected chi connectivity index (χ1v) is 6.52. The molecule has 2 aromatic rings. The van der Waals surface area contributed by atoms with E-state index >= 15 is 0 Å². The zero-order valence-corrected chi connectivity index (χ0v) is 14.4. The molecule has 0 aromatic carbocycles. The lowest BCUT2D eigenvalue weighted by Gasteiger charge is -2.12. The van der Waals surface area contributed by atoms with E-state index in [0.717, 1.165) is 17.0 Å². The predicted octanol–water partition coefficient (Wildman–Crippen LogP) is 0.709. The number of hydrogen-bond acceptors (Lipinski definition) is 4. The van der Waals surface area contributed by atoms with Gasteiger partial charge in [-0.25, -0.2) is 9.50 Å². The first-order chi connectivity index (χ1) is 9.52. The molecular formula is C13H21Cl2N5O2. The number of hydrogen-bond donors (Lipinski definition) is 3. The lowest BCUT2D eigenvalue weighted by Crippen LogP contribution is -2.27. The standard InChI is InChI=1S/C13H19N5O2.2ClH/c1-8-10(7-15-12(19)4-5-14-3)9(2)18-11(16-8)6-13(20)17-18;;/h6,14H,4-5,7H2,1-3H3,(H,15,19)(H,17,20);2*1H. The van der Waals surface area contributed by atoms with Crippen LogP contribution in [0.2, 0.25) is 0 Å². The van der Waals surface area contributed by atoms with Gasteiger partial charge in [-0.2, -0.15) is 0 Å². The summed E-state index contributed by atoms with van der Waals surface area (Å²) in [4.78, 5) is 27.3. The molecule has 0 saturated carbocycles. The van der Waals surface area contributed by atoms with E-state index in [0.29, 0.717) is 25.2 Å². The van der Waals surface area contributed by atoms with Gasteiger partial charge in [-0.05, 0) is 20.9 Å². The van der Waals surface area contributed by atoms with Crippen LogP contribution in [-0.4, -0.2) is 34.1 Å². The highest BCUT2D eigenvalue weighted by atomic mass is 35.5. The van der Waals surface area contributed by atoms with Crippen LogP contribution in [0.3, 0.4) is 0 Å². The van der Waals surface area contributed by atoms with Crippen LogP contribution < -0.4 is 16.2 Å². The number of nitrogens with zero attached hydrogens (tertiary/aromatic N) is 2. The number of aromatic amines is 1. The molecule has 0 bridgehead atoms. The molecule has 0 aliphatic rings. The van der Waals surface area contributed by atoms with Gasteiger partial charge < -0.3 is 10.6 Å². The largest absolute Gasteiger partial charge is 0.352 e. The number of rotatable bonds is 5. The second kappa shape index (κ2) is 8.77. The molecule has 0 atom stereocenters. The highest BCUT2D eigenvalue weighted by Crippen LogP contribution is 2.12. The number of fused-ring (bicyclic) bond motifs is 1. The van der Waals surface area contributed by atoms with E-state index < -0.39 is 0 Å². The molecule has 2 heterocycles. The first kappa shape index (κ1) is 20.4. The zero-order valence-electron chi connectivity index (χ0n) is 12.7. The van der Waals surface area contributed by atoms with Crippen LogP contribution in [0.5, 0.6) is 0 Å². The summed E-state index contributed by atoms with van der Waals surface area (Å²) < 4.78 is 1.64. The fraction of sp³-hybridized carbons (Fsp3) is 0.462. The molecule has 0 spiro atoms. The summed E-state index contributed by atoms with van der Waals surface area (Å²) in [7, 11) is 1.81. The minimum Gasteiger partial charge on any atom is -0.352 e. The fourth-order valence-electron chi connectivity index (χ4n) is 2.13. The number of aryl methyl sites for hydroxylation is 2. The SMILES string of the molecule is CNCCC(=O)NCc1c(C)nc2cc(=O)[nH]n2c1C.Cl.Cl. The molecule has 7 nitrogen and oxygen atoms in total. The second-order valence-corrected chi connectivity index (χ2v) is 4.71. The third-order valence-corrected chi connectivity index (χ3v) is 3.27. The highest BCUT2D eigenvalue weighted by molar-refractivity contribution is 5.85. The molecular weight excluding hydrogens is 329 g/mol. The Morgan fingerprint density at radius 1 is 1.36 bits per heavy atom. The average molecular weight is 350 g/mol. The molecule has 124 valence electrons. The Hall–Kier alpha value is -1.57. The van der Waals surface area contributed by atoms with E-state index in [9.17, 15) is 9.59 Å². The van der Waals surface area contributed by atoms with Gasteiger partial charge in [0.2, 0.25) is 5.91 Å². The van der Waals surface area contributed by atoms with E-state index in [1.807, 2.05) is 20.9 Å². The number of halogens is 2. The number of carbonyl (C=O) groups excluding carboxylic acids is 1. The van der Waals surface area contributed by atoms with Crippen molar-refractivity contribution in [2.75, 3.05) is 13.6 Å². The van der Waals surface area contributed by atoms with E-state index in [1.165, 1.54) is 6.07 Å². The Kier molecular flexibility index (Phi) is 8.15. The second-order valence-electron chi connectivity index (χ2n) is 4.71. The van der Waals surface area contributed by atoms with Gasteiger partial charge in [0.05, 0.1) is 0 Å². The number of H-pyrrole nitrogens is 1. The summed E-state index contributed by atoms with van der Waals surface area (Å²) >= 11 is 0. The lowest BCUT2D eigenvalue weighted by atomic mass is 10.1. The molecule has 22 heavy (non-hydrogen) atoms. The highest BCUT2D eigenvalue weighted by Gasteiger charge is 2.11. The molecule has 9 heteroatoms. The molecule has 2 aromatic heterocycles. The van der Waals surface area contributed by atoms with Crippen molar-refractivity contribution in [3.8, 4) is 0 Å². The summed E-state index contributed by atoms with van der Waals surface area (Å²) in [6.45, 7) is 4.82. The summed E-state index contributed by atoms with van der Waals surface area (Å²) in [6.07, 6.45) is 0.435. The van der Waals surface area contributed by atoms with Gasteiger partial charge in [0.15, 0.2) is 5.65 Å². The Bertz CT molecular complexity index is 696. The lowest BCUT2D eigenvalue weighted by molar-refractivity contribution is -0.121. The smallest absolute Gasteiger partial charge is 0.266 e. The molecule has 0 fully saturated rings. The van der Waals surface area contributed by atoms with Crippen molar-refractivity contribution in [2.45, 2.75) is 26.8 Å². The molecule has 3 N–H and O–H groups in total. The van der Waals surface area contributed by atoms with Crippen LogP contribution in [0.15, 0.2) is 10.9 Å². The normalized spacial score (nSPS) is 9.95. The van der Waals surface area contributed by atoms with Crippen molar-refractivity contribution in [3.05, 3.63) is 33.4 Å². The molecule has 0 radical (unpaired) electrons. The van der Waals surface area contributed by atoms with Gasteiger partial charge in [0.25, 0.3) is 5.56 Å². The van der Waals surface area contributed by atoms with Crippen molar-refractivity contribution in [3.63, 3.8) is 0 Å². The van der Waals surface area contributed by atoms with E-state index in [-0.39, 0.29) is 36.3 Å². The van der Waals surface area contributed by atoms with Crippen molar-refractivity contribution in [2.24, 2.45) is 0 Å². The van der Waals surface area contributed by atoms with Crippen LogP contribution in [0.25, 0.3) is 5.65 Å². The van der Waals surface area contributed by atoms with Crippen molar-refractivity contribution in [1.29, 1.82) is 0 Å². The molecule has 1 amide bonds. The Labute approximate surface area is 140 Å². The summed E-state index contributed by atoms with van der Waals surface area (Å²) in [5.74, 6) is -0.0146. The first-order valence-electron chi connectivity index (χ1n) is 6.52. The fourth-order valence-corrected chi connectivity index (χ4v) is 2.13. The molecule has 0 aliphatic carbocycles. The maximum Gasteiger partial charge on any atom is 0.266 e. The van der Waals surface area contributed by atoms with Crippen LogP contribution in [0, 0.1) is 13.8 Å². The maximum atomic E-state index is 11.6. The third kappa shape index (κ3) is 4.46. The number of amides is 1. The van der Waals surface area contributed by atoms with Crippen LogP contribution in [0.4, 0.5) is 0 Å². The molecule has 0 aliphatic heterocycles. The predicted molar refractivity (Wildman–Crippen MR) is 90.2 cm³/mol.